The smallest absolute Gasteiger partial charge is 0.295 e. The van der Waals surface area contributed by atoms with Crippen molar-refractivity contribution in [3.63, 3.8) is 0 Å². The molecule has 6 rings (SSSR count). The maximum atomic E-state index is 12.8. The van der Waals surface area contributed by atoms with Crippen LogP contribution in [-0.4, -0.2) is 142 Å². The topological polar surface area (TPSA) is 352 Å². The third-order valence-electron chi connectivity index (χ3n) is 9.71. The molecule has 360 valence electrons. The van der Waals surface area contributed by atoms with E-state index in [-0.39, 0.29) is 123 Å². The highest BCUT2D eigenvalue weighted by Crippen LogP contribution is 2.28. The van der Waals surface area contributed by atoms with Crippen molar-refractivity contribution in [2.75, 3.05) is 73.0 Å². The molecule has 0 aliphatic carbocycles. The largest absolute Gasteiger partial charge is 0.395 e. The van der Waals surface area contributed by atoms with Gasteiger partial charge in [0.2, 0.25) is 23.8 Å². The number of benzene rings is 4. The lowest BCUT2D eigenvalue weighted by Gasteiger charge is -2.21. The summed E-state index contributed by atoms with van der Waals surface area (Å²) in [7, 11) is -14.3. The quantitative estimate of drug-likeness (QED) is 0.0328. The summed E-state index contributed by atoms with van der Waals surface area (Å²) in [6.07, 6.45) is 2.36. The highest BCUT2D eigenvalue weighted by Gasteiger charge is 2.21. The van der Waals surface area contributed by atoms with E-state index in [0.29, 0.717) is 16.8 Å². The van der Waals surface area contributed by atoms with Crippen molar-refractivity contribution in [2.24, 2.45) is 0 Å². The Bertz CT molecular complexity index is 3070. The number of para-hydroxylation sites is 1. The number of anilines is 6. The lowest BCUT2D eigenvalue weighted by molar-refractivity contribution is 0.279. The Labute approximate surface area is 390 Å². The van der Waals surface area contributed by atoms with Gasteiger partial charge in [-0.3, -0.25) is 13.7 Å². The number of hydrogen-bond acceptors (Lipinski definition) is 20. The molecule has 2 aromatic heterocycles. The molecule has 0 unspecified atom stereocenters. The van der Waals surface area contributed by atoms with Gasteiger partial charge in [0.05, 0.1) is 31.3 Å². The number of hydrogen-bond donors (Lipinski definition) is 9. The number of nitrogens with zero attached hydrogens (tertiary/aromatic N) is 8. The second-order valence-electron chi connectivity index (χ2n) is 14.6. The van der Waals surface area contributed by atoms with Crippen molar-refractivity contribution in [3.05, 3.63) is 125 Å². The van der Waals surface area contributed by atoms with Gasteiger partial charge >= 0.3 is 0 Å². The first kappa shape index (κ1) is 50.8. The molecule has 9 N–H and O–H groups in total. The Balaban J connectivity index is 1.31. The van der Waals surface area contributed by atoms with E-state index in [1.54, 1.807) is 24.3 Å². The Kier molecular flexibility index (Phi) is 16.8. The summed E-state index contributed by atoms with van der Waals surface area (Å²) < 4.78 is 104. The third-order valence-corrected chi connectivity index (χ3v) is 12.4. The molecule has 23 nitrogen and oxygen atoms in total. The normalized spacial score (nSPS) is 12.0. The van der Waals surface area contributed by atoms with E-state index in [4.69, 9.17) is 0 Å². The fourth-order valence-electron chi connectivity index (χ4n) is 6.60. The second-order valence-corrected chi connectivity index (χ2v) is 18.8. The molecule has 0 amide bonds. The number of aliphatic hydroxyl groups excluding tert-OH is 4. The molecule has 0 saturated heterocycles. The summed E-state index contributed by atoms with van der Waals surface area (Å²) in [5.74, 6) is 0.409. The lowest BCUT2D eigenvalue weighted by Crippen LogP contribution is -2.32. The Morgan fingerprint density at radius 1 is 0.471 bits per heavy atom. The van der Waals surface area contributed by atoms with Gasteiger partial charge in [-0.2, -0.15) is 55.2 Å². The van der Waals surface area contributed by atoms with E-state index >= 15 is 0 Å². The Hall–Kier alpha value is -6.59. The number of rotatable bonds is 23. The zero-order valence-corrected chi connectivity index (χ0v) is 38.2. The number of aromatic nitrogens is 6. The van der Waals surface area contributed by atoms with Gasteiger partial charge in [-0.05, 0) is 64.7 Å². The van der Waals surface area contributed by atoms with Crippen molar-refractivity contribution in [2.45, 2.75) is 27.5 Å². The molecule has 0 atom stereocenters. The van der Waals surface area contributed by atoms with Gasteiger partial charge in [0.1, 0.15) is 21.4 Å². The van der Waals surface area contributed by atoms with Crippen LogP contribution in [0.1, 0.15) is 33.9 Å². The zero-order chi connectivity index (χ0) is 49.1. The number of aliphatic hydroxyl groups is 4. The second kappa shape index (κ2) is 22.5. The molecule has 4 aromatic carbocycles. The van der Waals surface area contributed by atoms with Crippen LogP contribution in [0.15, 0.2) is 106 Å². The molecule has 0 aliphatic heterocycles. The molecule has 0 bridgehead atoms. The van der Waals surface area contributed by atoms with Crippen LogP contribution in [0.2, 0.25) is 0 Å². The predicted octanol–water partition coefficient (Wildman–Crippen LogP) is 2.22. The molecule has 0 aliphatic rings. The third kappa shape index (κ3) is 14.0. The molecule has 26 heteroatoms. The summed E-state index contributed by atoms with van der Waals surface area (Å²) in [5.41, 5.74) is 1.39. The average Bonchev–Trinajstić information content (AvgIpc) is 3.28. The summed E-state index contributed by atoms with van der Waals surface area (Å²) in [4.78, 5) is 28.1. The molecule has 6 aromatic rings. The van der Waals surface area contributed by atoms with E-state index in [9.17, 15) is 59.3 Å². The summed E-state index contributed by atoms with van der Waals surface area (Å²) >= 11 is 0. The molecule has 0 saturated carbocycles. The average molecular weight is 995 g/mol. The van der Waals surface area contributed by atoms with E-state index in [0.717, 1.165) is 6.07 Å². The van der Waals surface area contributed by atoms with Gasteiger partial charge < -0.3 is 40.9 Å². The number of nitrogens with one attached hydrogen (secondary N) is 2. The first-order valence-corrected chi connectivity index (χ1v) is 24.7. The zero-order valence-electron chi connectivity index (χ0n) is 35.8. The maximum absolute atomic E-state index is 12.8. The van der Waals surface area contributed by atoms with Crippen LogP contribution >= 0.6 is 0 Å². The van der Waals surface area contributed by atoms with Crippen LogP contribution < -0.4 is 20.4 Å². The highest BCUT2D eigenvalue weighted by atomic mass is 32.2. The van der Waals surface area contributed by atoms with Crippen molar-refractivity contribution >= 4 is 77.7 Å². The lowest BCUT2D eigenvalue weighted by atomic mass is 10.1. The summed E-state index contributed by atoms with van der Waals surface area (Å²) in [5, 5.41) is 44.6. The minimum atomic E-state index is -4.96. The van der Waals surface area contributed by atoms with Crippen molar-refractivity contribution < 1.29 is 59.3 Å². The van der Waals surface area contributed by atoms with Gasteiger partial charge in [-0.25, -0.2) is 0 Å². The van der Waals surface area contributed by atoms with Gasteiger partial charge in [0.25, 0.3) is 30.4 Å². The fraction of sp³-hybridized carbons (Fsp3) is 0.238. The van der Waals surface area contributed by atoms with E-state index in [1.165, 1.54) is 76.5 Å². The standard InChI is InChI=1S/C42H46N10O13S3/c53-20-16-51(17-21-54)41-47-37(25-28-7-14-34(15-8-28)66(57,58)59)45-40(50-41)44-33-13-12-31(36(27-33)68(63,64)65)11-10-30-9-6-29(24-35(30)67(60,61)62)26-38-46-39(43-32-4-2-1-3-5-32)49-42(48-38)52(18-22-55)19-23-56/h1-15,24,27,53-56H,16-23,25-26H2,(H,57,58,59)(H,60,61,62)(H,63,64,65)(H,43,46,48,49)(H,44,45,47,50)/b11-10+. The summed E-state index contributed by atoms with van der Waals surface area (Å²) in [6, 6.07) is 22.1. The van der Waals surface area contributed by atoms with Gasteiger partial charge in [-0.15, -0.1) is 0 Å². The minimum Gasteiger partial charge on any atom is -0.395 e. The predicted molar refractivity (Wildman–Crippen MR) is 249 cm³/mol. The SMILES string of the molecule is O=S(=O)(O)c1ccc(Cc2nc(Nc3ccc(/C=C/c4ccc(Cc5nc(Nc6ccccc6)nc(N(CCO)CCO)n5)cc4S(=O)(=O)O)c(S(=O)(=O)O)c3)nc(N(CCO)CCO)n2)cc1. The van der Waals surface area contributed by atoms with Gasteiger partial charge in [0, 0.05) is 50.4 Å². The fourth-order valence-corrected chi connectivity index (χ4v) is 8.52. The molecular formula is C42H46N10O13S3. The van der Waals surface area contributed by atoms with Crippen molar-refractivity contribution in [1.29, 1.82) is 0 Å². The molecule has 0 spiro atoms. The minimum absolute atomic E-state index is 0.00726. The van der Waals surface area contributed by atoms with Crippen LogP contribution in [0, 0.1) is 0 Å². The summed E-state index contributed by atoms with van der Waals surface area (Å²) in [6.45, 7) is -1.03. The van der Waals surface area contributed by atoms with Gasteiger partial charge in [-0.1, -0.05) is 60.7 Å². The van der Waals surface area contributed by atoms with E-state index < -0.39 is 40.1 Å². The molecule has 68 heavy (non-hydrogen) atoms. The van der Waals surface area contributed by atoms with Crippen LogP contribution in [-0.2, 0) is 43.2 Å². The van der Waals surface area contributed by atoms with Crippen LogP contribution in [0.25, 0.3) is 12.2 Å². The molecule has 2 heterocycles. The molecular weight excluding hydrogens is 949 g/mol. The van der Waals surface area contributed by atoms with Crippen LogP contribution in [0.3, 0.4) is 0 Å². The van der Waals surface area contributed by atoms with Crippen molar-refractivity contribution in [1.82, 2.24) is 29.9 Å². The maximum Gasteiger partial charge on any atom is 0.295 e. The van der Waals surface area contributed by atoms with Crippen molar-refractivity contribution in [3.8, 4) is 0 Å². The first-order valence-electron chi connectivity index (χ1n) is 20.4. The first-order chi connectivity index (χ1) is 32.4. The van der Waals surface area contributed by atoms with Gasteiger partial charge in [0.15, 0.2) is 0 Å². The van der Waals surface area contributed by atoms with E-state index in [1.807, 2.05) is 6.07 Å². The van der Waals surface area contributed by atoms with Crippen LogP contribution in [0.5, 0.6) is 0 Å². The Morgan fingerprint density at radius 3 is 1.38 bits per heavy atom. The highest BCUT2D eigenvalue weighted by molar-refractivity contribution is 7.86. The van der Waals surface area contributed by atoms with E-state index in [2.05, 4.69) is 40.5 Å². The molecule has 0 fully saturated rings. The Morgan fingerprint density at radius 2 is 0.912 bits per heavy atom. The monoisotopic (exact) mass is 994 g/mol. The van der Waals surface area contributed by atoms with Crippen LogP contribution in [0.4, 0.5) is 35.2 Å². The molecule has 0 radical (unpaired) electrons.